The molecule has 0 aliphatic heterocycles. The first-order chi connectivity index (χ1) is 14.3. The van der Waals surface area contributed by atoms with Crippen molar-refractivity contribution in [3.05, 3.63) is 53.6 Å². The second kappa shape index (κ2) is 11.5. The van der Waals surface area contributed by atoms with Gasteiger partial charge in [-0.05, 0) is 36.3 Å². The molecular formula is C23H33N3O4. The highest BCUT2D eigenvalue weighted by atomic mass is 16.4. The number of carbonyl (C=O) groups is 2. The van der Waals surface area contributed by atoms with Gasteiger partial charge >= 0.3 is 11.9 Å². The van der Waals surface area contributed by atoms with Gasteiger partial charge in [-0.2, -0.15) is 0 Å². The zero-order valence-electron chi connectivity index (χ0n) is 18.0. The van der Waals surface area contributed by atoms with Crippen molar-refractivity contribution in [3.63, 3.8) is 0 Å². The number of nitrogens with one attached hydrogen (secondary N) is 1. The van der Waals surface area contributed by atoms with Gasteiger partial charge in [-0.3, -0.25) is 9.59 Å². The van der Waals surface area contributed by atoms with Crippen LogP contribution in [0.2, 0.25) is 0 Å². The highest BCUT2D eigenvalue weighted by Crippen LogP contribution is 2.18. The lowest BCUT2D eigenvalue weighted by Gasteiger charge is -2.20. The van der Waals surface area contributed by atoms with Crippen LogP contribution in [0.15, 0.2) is 36.8 Å². The number of imidazole rings is 1. The predicted molar refractivity (Wildman–Crippen MR) is 116 cm³/mol. The molecule has 0 aliphatic rings. The molecular weight excluding hydrogens is 382 g/mol. The van der Waals surface area contributed by atoms with Gasteiger partial charge in [0.2, 0.25) is 0 Å². The largest absolute Gasteiger partial charge is 0.481 e. The van der Waals surface area contributed by atoms with Crippen molar-refractivity contribution in [2.24, 2.45) is 5.92 Å². The summed E-state index contributed by atoms with van der Waals surface area (Å²) in [6.45, 7) is 6.59. The van der Waals surface area contributed by atoms with E-state index >= 15 is 0 Å². The van der Waals surface area contributed by atoms with Crippen LogP contribution in [0.25, 0.3) is 0 Å². The molecule has 0 radical (unpaired) electrons. The first kappa shape index (κ1) is 23.6. The predicted octanol–water partition coefficient (Wildman–Crippen LogP) is 3.53. The van der Waals surface area contributed by atoms with Gasteiger partial charge in [-0.1, -0.05) is 51.5 Å². The number of hydrogen-bond donors (Lipinski definition) is 3. The van der Waals surface area contributed by atoms with Crippen LogP contribution in [0.5, 0.6) is 0 Å². The lowest BCUT2D eigenvalue weighted by molar-refractivity contribution is -0.142. The van der Waals surface area contributed by atoms with Gasteiger partial charge in [-0.15, -0.1) is 0 Å². The summed E-state index contributed by atoms with van der Waals surface area (Å²) in [5.41, 5.74) is 2.91. The molecule has 0 aliphatic carbocycles. The number of aryl methyl sites for hydroxylation is 1. The first-order valence-electron chi connectivity index (χ1n) is 10.6. The van der Waals surface area contributed by atoms with Crippen LogP contribution in [0.3, 0.4) is 0 Å². The standard InChI is InChI=1S/C23H33N3O4/c1-4-5-6-17-7-9-18(10-8-17)14-26-15-24-13-21(26)19(22(27)28)12-25-20(23(29)30)11-16(2)3/h7-10,13,15-16,19-20,25H,4-6,11-12,14H2,1-3H3,(H,27,28)(H,29,30). The van der Waals surface area contributed by atoms with Gasteiger partial charge in [0.25, 0.3) is 0 Å². The number of benzene rings is 1. The van der Waals surface area contributed by atoms with E-state index in [2.05, 4.69) is 41.5 Å². The molecule has 7 heteroatoms. The Balaban J connectivity index is 2.10. The SMILES string of the molecule is CCCCc1ccc(Cn2cncc2C(CNC(CC(C)C)C(=O)O)C(=O)O)cc1. The van der Waals surface area contributed by atoms with Crippen LogP contribution in [0, 0.1) is 5.92 Å². The van der Waals surface area contributed by atoms with Gasteiger partial charge < -0.3 is 20.1 Å². The summed E-state index contributed by atoms with van der Waals surface area (Å²) in [5, 5.41) is 22.1. The van der Waals surface area contributed by atoms with E-state index in [9.17, 15) is 19.8 Å². The third kappa shape index (κ3) is 6.99. The maximum atomic E-state index is 11.9. The number of rotatable bonds is 13. The van der Waals surface area contributed by atoms with Crippen molar-refractivity contribution in [1.82, 2.24) is 14.9 Å². The Kier molecular flexibility index (Phi) is 9.05. The van der Waals surface area contributed by atoms with Crippen molar-refractivity contribution in [2.75, 3.05) is 6.54 Å². The molecule has 1 aromatic carbocycles. The Bertz CT molecular complexity index is 814. The van der Waals surface area contributed by atoms with Crippen molar-refractivity contribution in [2.45, 2.75) is 65.0 Å². The van der Waals surface area contributed by atoms with E-state index in [1.54, 1.807) is 12.5 Å². The lowest BCUT2D eigenvalue weighted by atomic mass is 10.0. The molecule has 0 fully saturated rings. The first-order valence-corrected chi connectivity index (χ1v) is 10.6. The molecule has 164 valence electrons. The molecule has 7 nitrogen and oxygen atoms in total. The average Bonchev–Trinajstić information content (AvgIpc) is 3.13. The topological polar surface area (TPSA) is 104 Å². The molecule has 2 atom stereocenters. The zero-order valence-corrected chi connectivity index (χ0v) is 18.0. The zero-order chi connectivity index (χ0) is 22.1. The van der Waals surface area contributed by atoms with Gasteiger partial charge in [0, 0.05) is 19.3 Å². The monoisotopic (exact) mass is 415 g/mol. The third-order valence-electron chi connectivity index (χ3n) is 5.17. The molecule has 2 unspecified atom stereocenters. The Hall–Kier alpha value is -2.67. The molecule has 0 spiro atoms. The summed E-state index contributed by atoms with van der Waals surface area (Å²) in [7, 11) is 0. The summed E-state index contributed by atoms with van der Waals surface area (Å²) in [6, 6.07) is 7.57. The van der Waals surface area contributed by atoms with Crippen LogP contribution >= 0.6 is 0 Å². The number of nitrogens with zero attached hydrogens (tertiary/aromatic N) is 2. The fourth-order valence-corrected chi connectivity index (χ4v) is 3.46. The second-order valence-electron chi connectivity index (χ2n) is 8.19. The number of carboxylic acid groups (broad SMARTS) is 2. The van der Waals surface area contributed by atoms with Crippen LogP contribution < -0.4 is 5.32 Å². The highest BCUT2D eigenvalue weighted by Gasteiger charge is 2.27. The molecule has 2 aromatic rings. The van der Waals surface area contributed by atoms with E-state index < -0.39 is 23.9 Å². The maximum absolute atomic E-state index is 11.9. The van der Waals surface area contributed by atoms with Crippen LogP contribution in [0.1, 0.15) is 62.8 Å². The number of carboxylic acids is 2. The van der Waals surface area contributed by atoms with E-state index in [-0.39, 0.29) is 12.5 Å². The number of aliphatic carboxylic acids is 2. The Labute approximate surface area is 178 Å². The fraction of sp³-hybridized carbons (Fsp3) is 0.522. The molecule has 0 saturated carbocycles. The fourth-order valence-electron chi connectivity index (χ4n) is 3.46. The number of aromatic nitrogens is 2. The minimum absolute atomic E-state index is 0.0284. The van der Waals surface area contributed by atoms with E-state index in [0.717, 1.165) is 24.8 Å². The maximum Gasteiger partial charge on any atom is 0.320 e. The van der Waals surface area contributed by atoms with E-state index in [0.29, 0.717) is 18.7 Å². The molecule has 2 rings (SSSR count). The summed E-state index contributed by atoms with van der Waals surface area (Å²) in [4.78, 5) is 27.5. The van der Waals surface area contributed by atoms with Crippen molar-refractivity contribution < 1.29 is 19.8 Å². The van der Waals surface area contributed by atoms with Crippen LogP contribution in [0.4, 0.5) is 0 Å². The van der Waals surface area contributed by atoms with Gasteiger partial charge in [0.05, 0.1) is 12.0 Å². The minimum atomic E-state index is -1.01. The van der Waals surface area contributed by atoms with Crippen LogP contribution in [-0.2, 0) is 22.6 Å². The normalized spacial score (nSPS) is 13.3. The van der Waals surface area contributed by atoms with Gasteiger partial charge in [0.1, 0.15) is 12.0 Å². The quantitative estimate of drug-likeness (QED) is 0.462. The second-order valence-corrected chi connectivity index (χ2v) is 8.19. The van der Waals surface area contributed by atoms with Gasteiger partial charge in [0.15, 0.2) is 0 Å². The summed E-state index contributed by atoms with van der Waals surface area (Å²) in [5.74, 6) is -2.67. The summed E-state index contributed by atoms with van der Waals surface area (Å²) >= 11 is 0. The third-order valence-corrected chi connectivity index (χ3v) is 5.17. The van der Waals surface area contributed by atoms with E-state index in [1.807, 2.05) is 18.4 Å². The van der Waals surface area contributed by atoms with Gasteiger partial charge in [-0.25, -0.2) is 4.98 Å². The summed E-state index contributed by atoms with van der Waals surface area (Å²) < 4.78 is 1.82. The Morgan fingerprint density at radius 3 is 2.33 bits per heavy atom. The molecule has 1 heterocycles. The van der Waals surface area contributed by atoms with Crippen molar-refractivity contribution in [1.29, 1.82) is 0 Å². The molecule has 0 bridgehead atoms. The van der Waals surface area contributed by atoms with Crippen molar-refractivity contribution in [3.8, 4) is 0 Å². The van der Waals surface area contributed by atoms with Crippen LogP contribution in [-0.4, -0.2) is 44.3 Å². The van der Waals surface area contributed by atoms with E-state index in [1.165, 1.54) is 5.56 Å². The average molecular weight is 416 g/mol. The van der Waals surface area contributed by atoms with E-state index in [4.69, 9.17) is 0 Å². The molecule has 0 saturated heterocycles. The highest BCUT2D eigenvalue weighted by molar-refractivity contribution is 5.76. The van der Waals surface area contributed by atoms with Crippen molar-refractivity contribution >= 4 is 11.9 Å². The molecule has 30 heavy (non-hydrogen) atoms. The lowest BCUT2D eigenvalue weighted by Crippen LogP contribution is -2.41. The Morgan fingerprint density at radius 2 is 1.77 bits per heavy atom. The summed E-state index contributed by atoms with van der Waals surface area (Å²) in [6.07, 6.45) is 6.98. The number of hydrogen-bond acceptors (Lipinski definition) is 4. The number of unbranched alkanes of at least 4 members (excludes halogenated alkanes) is 1. The molecule has 1 aromatic heterocycles. The molecule has 3 N–H and O–H groups in total. The molecule has 0 amide bonds. The minimum Gasteiger partial charge on any atom is -0.481 e. The smallest absolute Gasteiger partial charge is 0.320 e. The Morgan fingerprint density at radius 1 is 1.10 bits per heavy atom.